The lowest BCUT2D eigenvalue weighted by molar-refractivity contribution is -0.112. The minimum absolute atomic E-state index is 0. The van der Waals surface area contributed by atoms with Gasteiger partial charge in [-0.3, -0.25) is 0 Å². The molecular weight excluding hydrogens is 184 g/mol. The van der Waals surface area contributed by atoms with E-state index in [-0.39, 0.29) is 17.8 Å². The second-order valence-electron chi connectivity index (χ2n) is 4.24. The fraction of sp³-hybridized carbons (Fsp3) is 1.00. The van der Waals surface area contributed by atoms with E-state index in [4.69, 9.17) is 5.73 Å². The zero-order chi connectivity index (χ0) is 8.11. The Morgan fingerprint density at radius 2 is 1.67 bits per heavy atom. The molecule has 1 nitrogen and oxygen atoms in total. The monoisotopic (exact) mass is 197 g/mol. The molecule has 0 aliphatic heterocycles. The van der Waals surface area contributed by atoms with Gasteiger partial charge in [-0.15, -0.1) is 12.4 Å². The van der Waals surface area contributed by atoms with Crippen molar-refractivity contribution in [3.05, 3.63) is 0 Å². The van der Waals surface area contributed by atoms with E-state index in [2.05, 4.69) is 0 Å². The predicted molar refractivity (Wildman–Crippen MR) is 45.7 cm³/mol. The highest BCUT2D eigenvalue weighted by Crippen LogP contribution is 2.60. The van der Waals surface area contributed by atoms with E-state index in [0.29, 0.717) is 12.8 Å². The van der Waals surface area contributed by atoms with E-state index in [1.165, 1.54) is 6.42 Å². The predicted octanol–water partition coefficient (Wildman–Crippen LogP) is 2.33. The third-order valence-corrected chi connectivity index (χ3v) is 3.26. The van der Waals surface area contributed by atoms with Crippen LogP contribution in [0, 0.1) is 5.41 Å². The van der Waals surface area contributed by atoms with Crippen LogP contribution in [0.4, 0.5) is 8.78 Å². The Morgan fingerprint density at radius 1 is 1.17 bits per heavy atom. The van der Waals surface area contributed by atoms with Crippen molar-refractivity contribution < 1.29 is 8.78 Å². The standard InChI is InChI=1S/C8H13F2N.ClH/c9-6(10)8(11)4-7(5-8)2-1-3-7;/h6H,1-5,11H2;1H. The van der Waals surface area contributed by atoms with E-state index in [1.807, 2.05) is 0 Å². The lowest BCUT2D eigenvalue weighted by Crippen LogP contribution is -2.64. The molecule has 2 N–H and O–H groups in total. The molecule has 0 aromatic heterocycles. The van der Waals surface area contributed by atoms with Crippen molar-refractivity contribution in [2.75, 3.05) is 0 Å². The van der Waals surface area contributed by atoms with Crippen LogP contribution >= 0.6 is 12.4 Å². The van der Waals surface area contributed by atoms with Crippen LogP contribution in [0.15, 0.2) is 0 Å². The topological polar surface area (TPSA) is 26.0 Å². The van der Waals surface area contributed by atoms with Gasteiger partial charge in [-0.1, -0.05) is 6.42 Å². The largest absolute Gasteiger partial charge is 0.320 e. The fourth-order valence-electron chi connectivity index (χ4n) is 2.53. The van der Waals surface area contributed by atoms with Gasteiger partial charge in [0, 0.05) is 0 Å². The molecule has 72 valence electrons. The highest BCUT2D eigenvalue weighted by molar-refractivity contribution is 5.85. The van der Waals surface area contributed by atoms with Crippen molar-refractivity contribution in [2.24, 2.45) is 11.1 Å². The van der Waals surface area contributed by atoms with Gasteiger partial charge in [0.2, 0.25) is 0 Å². The molecule has 12 heavy (non-hydrogen) atoms. The van der Waals surface area contributed by atoms with Gasteiger partial charge in [0.15, 0.2) is 0 Å². The third kappa shape index (κ3) is 1.23. The molecule has 2 aliphatic rings. The number of rotatable bonds is 1. The lowest BCUT2D eigenvalue weighted by atomic mass is 9.49. The summed E-state index contributed by atoms with van der Waals surface area (Å²) in [5, 5.41) is 0. The molecule has 2 rings (SSSR count). The van der Waals surface area contributed by atoms with Crippen LogP contribution in [-0.4, -0.2) is 12.0 Å². The molecule has 2 saturated carbocycles. The molecule has 0 heterocycles. The molecule has 0 unspecified atom stereocenters. The molecule has 2 aliphatic carbocycles. The SMILES string of the molecule is Cl.NC1(C(F)F)CC2(CCC2)C1. The summed E-state index contributed by atoms with van der Waals surface area (Å²) in [7, 11) is 0. The van der Waals surface area contributed by atoms with Gasteiger partial charge in [0.1, 0.15) is 0 Å². The summed E-state index contributed by atoms with van der Waals surface area (Å²) in [6, 6.07) is 0. The van der Waals surface area contributed by atoms with Gasteiger partial charge in [-0.05, 0) is 31.1 Å². The molecule has 0 amide bonds. The maximum atomic E-state index is 12.2. The van der Waals surface area contributed by atoms with Gasteiger partial charge in [-0.25, -0.2) is 8.78 Å². The van der Waals surface area contributed by atoms with Crippen LogP contribution in [0.25, 0.3) is 0 Å². The maximum absolute atomic E-state index is 12.2. The minimum atomic E-state index is -2.33. The van der Waals surface area contributed by atoms with E-state index in [1.54, 1.807) is 0 Å². The Kier molecular flexibility index (Phi) is 2.39. The van der Waals surface area contributed by atoms with Crippen LogP contribution in [0.2, 0.25) is 0 Å². The van der Waals surface area contributed by atoms with Crippen LogP contribution < -0.4 is 5.73 Å². The number of nitrogens with two attached hydrogens (primary N) is 1. The number of alkyl halides is 2. The lowest BCUT2D eigenvalue weighted by Gasteiger charge is -2.59. The van der Waals surface area contributed by atoms with Gasteiger partial charge < -0.3 is 5.73 Å². The quantitative estimate of drug-likeness (QED) is 0.686. The average Bonchev–Trinajstić information content (AvgIpc) is 1.75. The molecule has 0 aromatic rings. The van der Waals surface area contributed by atoms with Crippen molar-refractivity contribution >= 4 is 12.4 Å². The summed E-state index contributed by atoms with van der Waals surface area (Å²) in [5.41, 5.74) is 4.61. The third-order valence-electron chi connectivity index (χ3n) is 3.26. The minimum Gasteiger partial charge on any atom is -0.320 e. The van der Waals surface area contributed by atoms with Gasteiger partial charge in [-0.2, -0.15) is 0 Å². The summed E-state index contributed by atoms with van der Waals surface area (Å²) in [6.07, 6.45) is 2.24. The van der Waals surface area contributed by atoms with E-state index < -0.39 is 12.0 Å². The zero-order valence-corrected chi connectivity index (χ0v) is 7.67. The first-order valence-electron chi connectivity index (χ1n) is 4.14. The molecule has 2 fully saturated rings. The Balaban J connectivity index is 0.000000720. The van der Waals surface area contributed by atoms with Crippen molar-refractivity contribution in [3.63, 3.8) is 0 Å². The van der Waals surface area contributed by atoms with Gasteiger partial charge >= 0.3 is 0 Å². The van der Waals surface area contributed by atoms with Crippen molar-refractivity contribution in [2.45, 2.75) is 44.1 Å². The number of hydrogen-bond acceptors (Lipinski definition) is 1. The van der Waals surface area contributed by atoms with Crippen LogP contribution in [0.5, 0.6) is 0 Å². The maximum Gasteiger partial charge on any atom is 0.256 e. The van der Waals surface area contributed by atoms with Crippen LogP contribution in [0.1, 0.15) is 32.1 Å². The normalized spacial score (nSPS) is 29.0. The second-order valence-corrected chi connectivity index (χ2v) is 4.24. The Morgan fingerprint density at radius 3 is 1.92 bits per heavy atom. The Hall–Kier alpha value is 0.110. The van der Waals surface area contributed by atoms with Gasteiger partial charge in [0.05, 0.1) is 5.54 Å². The van der Waals surface area contributed by atoms with Crippen molar-refractivity contribution in [3.8, 4) is 0 Å². The van der Waals surface area contributed by atoms with E-state index in [9.17, 15) is 8.78 Å². The molecule has 0 saturated heterocycles. The zero-order valence-electron chi connectivity index (χ0n) is 6.85. The first-order chi connectivity index (χ1) is 5.06. The Labute approximate surface area is 77.1 Å². The number of halogens is 3. The first kappa shape index (κ1) is 10.2. The van der Waals surface area contributed by atoms with Crippen LogP contribution in [0.3, 0.4) is 0 Å². The highest BCUT2D eigenvalue weighted by atomic mass is 35.5. The average molecular weight is 198 g/mol. The molecule has 0 bridgehead atoms. The van der Waals surface area contributed by atoms with Crippen molar-refractivity contribution in [1.82, 2.24) is 0 Å². The second kappa shape index (κ2) is 2.81. The first-order valence-corrected chi connectivity index (χ1v) is 4.14. The Bertz CT molecular complexity index is 172. The summed E-state index contributed by atoms with van der Waals surface area (Å²) in [6.45, 7) is 0. The fourth-order valence-corrected chi connectivity index (χ4v) is 2.53. The van der Waals surface area contributed by atoms with Crippen LogP contribution in [-0.2, 0) is 0 Å². The highest BCUT2D eigenvalue weighted by Gasteiger charge is 2.59. The molecule has 1 spiro atoms. The molecule has 0 radical (unpaired) electrons. The van der Waals surface area contributed by atoms with Crippen molar-refractivity contribution in [1.29, 1.82) is 0 Å². The summed E-state index contributed by atoms with van der Waals surface area (Å²) >= 11 is 0. The molecular formula is C8H14ClF2N. The summed E-state index contributed by atoms with van der Waals surface area (Å²) < 4.78 is 24.5. The van der Waals surface area contributed by atoms with Gasteiger partial charge in [0.25, 0.3) is 6.43 Å². The smallest absolute Gasteiger partial charge is 0.256 e. The molecule has 0 atom stereocenters. The van der Waals surface area contributed by atoms with E-state index >= 15 is 0 Å². The summed E-state index contributed by atoms with van der Waals surface area (Å²) in [5.74, 6) is 0. The number of hydrogen-bond donors (Lipinski definition) is 1. The molecule has 4 heteroatoms. The molecule has 0 aromatic carbocycles. The summed E-state index contributed by atoms with van der Waals surface area (Å²) in [4.78, 5) is 0. The van der Waals surface area contributed by atoms with E-state index in [0.717, 1.165) is 12.8 Å².